The number of rotatable bonds is 8. The normalized spacial score (nSPS) is 12.5. The Morgan fingerprint density at radius 3 is 1.08 bits per heavy atom. The summed E-state index contributed by atoms with van der Waals surface area (Å²) in [5, 5.41) is 34.1. The summed E-state index contributed by atoms with van der Waals surface area (Å²) in [6, 6.07) is 122. The molecule has 0 amide bonds. The fraction of sp³-hybridized carbons (Fsp3) is 0.106. The summed E-state index contributed by atoms with van der Waals surface area (Å²) >= 11 is 44.4. The quantitative estimate of drug-likeness (QED) is 0.0354. The predicted octanol–water partition coefficient (Wildman–Crippen LogP) is 27.0. The van der Waals surface area contributed by atoms with Crippen LogP contribution in [0, 0.1) is 10.5 Å². The van der Waals surface area contributed by atoms with Crippen molar-refractivity contribution in [2.45, 2.75) is 72.1 Å². The van der Waals surface area contributed by atoms with Crippen molar-refractivity contribution in [2.75, 3.05) is 10.6 Å². The second kappa shape index (κ2) is 44.0. The summed E-state index contributed by atoms with van der Waals surface area (Å²) in [7, 11) is -6.57. The third-order valence-electron chi connectivity index (χ3n) is 21.9. The summed E-state index contributed by atoms with van der Waals surface area (Å²) in [5.74, 6) is 0. The van der Waals surface area contributed by atoms with Crippen molar-refractivity contribution >= 4 is 262 Å². The Bertz CT molecular complexity index is 6300. The second-order valence-corrected chi connectivity index (χ2v) is 59.7. The van der Waals surface area contributed by atoms with Crippen LogP contribution in [0.4, 0.5) is 22.7 Å². The summed E-state index contributed by atoms with van der Waals surface area (Å²) in [5.41, 5.74) is 26.3. The first-order chi connectivity index (χ1) is 58.8. The first-order valence-electron chi connectivity index (χ1n) is 40.5. The van der Waals surface area contributed by atoms with E-state index >= 15 is 0 Å². The van der Waals surface area contributed by atoms with Crippen LogP contribution in [0.15, 0.2) is 364 Å². The summed E-state index contributed by atoms with van der Waals surface area (Å²) in [4.78, 5) is 2.49. The summed E-state index contributed by atoms with van der Waals surface area (Å²) in [6.45, 7) is 22.6. The van der Waals surface area contributed by atoms with Crippen molar-refractivity contribution in [2.24, 2.45) is 0 Å². The van der Waals surface area contributed by atoms with E-state index in [1.54, 1.807) is 28.6 Å². The van der Waals surface area contributed by atoms with Crippen LogP contribution >= 0.6 is 143 Å². The monoisotopic (exact) mass is 2150 g/mol. The number of hydrogen-bond acceptors (Lipinski definition) is 4. The molecule has 622 valence electrons. The van der Waals surface area contributed by atoms with Crippen molar-refractivity contribution in [3.05, 3.63) is 389 Å². The van der Waals surface area contributed by atoms with Gasteiger partial charge in [0, 0.05) is 59.3 Å². The van der Waals surface area contributed by atoms with Gasteiger partial charge in [-0.05, 0) is 280 Å². The summed E-state index contributed by atoms with van der Waals surface area (Å²) < 4.78 is 5.02. The fourth-order valence-corrected chi connectivity index (χ4v) is 28.2. The maximum atomic E-state index is 8.73. The van der Waals surface area contributed by atoms with Gasteiger partial charge < -0.3 is 27.6 Å². The van der Waals surface area contributed by atoms with E-state index in [2.05, 4.69) is 393 Å². The van der Waals surface area contributed by atoms with E-state index < -0.39 is 38.0 Å². The Morgan fingerprint density at radius 2 is 0.677 bits per heavy atom. The topological polar surface area (TPSA) is 69.7 Å². The molecule has 0 spiro atoms. The minimum Gasteiger partial charge on any atom is -0.423 e. The molecule has 4 N–H and O–H groups in total. The Hall–Kier alpha value is -6.81. The van der Waals surface area contributed by atoms with Gasteiger partial charge in [0.25, 0.3) is 0 Å². The SMILES string of the molecule is C[Si](C)(Cl)Cl.C[Si]1(C)c2ccccc2-c2ccc(Cl)cc21.C[Si]1(C)c2ccccc2-c2ccc(N(c3ccc(-c4cccc5ccccc45)cc3)c3ccc4c(c3)[Si](C)(C)c3ccccc3-4)cc21.Clc1ccc(-c2ccccc2Br)c(Br)c1.Clc1ccc(I)c(Br)c1.Nc1ccc(-c2cccc3ccccc23)cc1.OB(O)c1ccccc1Br.[CH2-]CCC.[Li+]. The average molecular weight is 2160 g/mol. The molecule has 16 aromatic rings. The molecule has 0 aromatic heterocycles. The molecule has 3 aliphatic heterocycles. The van der Waals surface area contributed by atoms with Crippen molar-refractivity contribution < 1.29 is 28.9 Å². The summed E-state index contributed by atoms with van der Waals surface area (Å²) in [6.07, 6.45) is 2.28. The van der Waals surface area contributed by atoms with Crippen LogP contribution in [0.25, 0.3) is 88.3 Å². The fourth-order valence-electron chi connectivity index (χ4n) is 15.7. The van der Waals surface area contributed by atoms with Crippen molar-refractivity contribution in [1.29, 1.82) is 0 Å². The van der Waals surface area contributed by atoms with Crippen LogP contribution < -0.4 is 66.1 Å². The molecule has 19 rings (SSSR count). The molecule has 124 heavy (non-hydrogen) atoms. The number of nitrogens with two attached hydrogens (primary N) is 1. The zero-order valence-corrected chi connectivity index (χ0v) is 87.1. The van der Waals surface area contributed by atoms with Crippen LogP contribution in [0.1, 0.15) is 19.8 Å². The van der Waals surface area contributed by atoms with Gasteiger partial charge in [0.05, 0.1) is 0 Å². The van der Waals surface area contributed by atoms with E-state index in [4.69, 9.17) is 72.7 Å². The van der Waals surface area contributed by atoms with E-state index in [0.717, 1.165) is 51.7 Å². The van der Waals surface area contributed by atoms with Gasteiger partial charge in [-0.25, -0.2) is 0 Å². The van der Waals surface area contributed by atoms with Gasteiger partial charge in [-0.1, -0.05) is 378 Å². The number of anilines is 4. The largest absolute Gasteiger partial charge is 1.00 e. The van der Waals surface area contributed by atoms with Crippen LogP contribution in [0.5, 0.6) is 0 Å². The molecule has 0 radical (unpaired) electrons. The van der Waals surface area contributed by atoms with E-state index in [1.165, 1.54) is 125 Å². The smallest absolute Gasteiger partial charge is 0.423 e. The zero-order chi connectivity index (χ0) is 88.1. The third kappa shape index (κ3) is 23.6. The van der Waals surface area contributed by atoms with Gasteiger partial charge in [0.1, 0.15) is 24.2 Å². The van der Waals surface area contributed by atoms with E-state index in [0.29, 0.717) is 9.94 Å². The van der Waals surface area contributed by atoms with Gasteiger partial charge in [-0.3, -0.25) is 0 Å². The number of benzene rings is 16. The van der Waals surface area contributed by atoms with Crippen molar-refractivity contribution in [1.82, 2.24) is 0 Å². The van der Waals surface area contributed by atoms with Gasteiger partial charge in [-0.2, -0.15) is 6.42 Å². The molecule has 0 fully saturated rings. The number of halogens is 10. The molecule has 0 bridgehead atoms. The van der Waals surface area contributed by atoms with Gasteiger partial charge in [-0.15, -0.1) is 22.2 Å². The molecule has 0 saturated heterocycles. The molecular formula is C104H94BBr4Cl5ILiN2O2Si4. The van der Waals surface area contributed by atoms with Crippen molar-refractivity contribution in [3.8, 4) is 66.8 Å². The Balaban J connectivity index is 0.000000160. The molecule has 4 nitrogen and oxygen atoms in total. The van der Waals surface area contributed by atoms with E-state index in [1.807, 2.05) is 92.0 Å². The van der Waals surface area contributed by atoms with Gasteiger partial charge in [0.15, 0.2) is 0 Å². The van der Waals surface area contributed by atoms with Crippen LogP contribution in [0.2, 0.25) is 67.4 Å². The molecule has 0 saturated carbocycles. The molecule has 0 unspecified atom stereocenters. The minimum absolute atomic E-state index is 0. The molecule has 0 aliphatic carbocycles. The Labute approximate surface area is 820 Å². The minimum atomic E-state index is -1.84. The maximum Gasteiger partial charge on any atom is 1.00 e. The van der Waals surface area contributed by atoms with Crippen LogP contribution in [0.3, 0.4) is 0 Å². The van der Waals surface area contributed by atoms with Crippen LogP contribution in [-0.4, -0.2) is 48.1 Å². The average Bonchev–Trinajstić information content (AvgIpc) is 1.58. The number of nitrogen functional groups attached to an aromatic ring is 1. The molecule has 3 aliphatic rings. The molecule has 16 aromatic carbocycles. The first kappa shape index (κ1) is 97.8. The second-order valence-electron chi connectivity index (χ2n) is 32.0. The van der Waals surface area contributed by atoms with E-state index in [-0.39, 0.29) is 18.9 Å². The number of fused-ring (bicyclic) bond motifs is 11. The molecule has 0 atom stereocenters. The first-order valence-corrected chi connectivity index (χ1v) is 59.9. The number of hydrogen-bond donors (Lipinski definition) is 3. The zero-order valence-electron chi connectivity index (χ0n) is 70.8. The molecular weight excluding hydrogens is 2060 g/mol. The third-order valence-corrected chi connectivity index (χ3v) is 37.7. The van der Waals surface area contributed by atoms with Gasteiger partial charge >= 0.3 is 26.0 Å². The molecule has 20 heteroatoms. The van der Waals surface area contributed by atoms with Gasteiger partial charge in [0.2, 0.25) is 6.69 Å². The number of unbranched alkanes of at least 4 members (excludes halogenated alkanes) is 1. The standard InChI is InChI=1S/C44H37NSi2.C16H13N.C14H13ClSi.C12H7Br2Cl.C6H6BBrO2.C6H3BrClI.C4H9.C2H6Cl2Si.Li/c1-46(2)41-18-9-7-15-37(41)39-26-24-33(28-43(39)46)45(34-25-27-40-38-16-8-10-19-42(38)47(3,4)44(40)29-34)32-22-20-31(21-23-32)36-17-11-13-30-12-5-6-14-35(30)36;17-14-10-8-13(9-11-14)16-7-3-5-12-4-1-2-6-15(12)16;1-16(2)13-6-4-3-5-11(13)12-8-7-10(15)9-14(12)16;13-11-4-2-1-3-9(11)10-6-5-8(15)7-12(10)14;8-6-4-2-1-3-5(6)7(9)10;7-5-3-4(8)1-2-6(5)9;1-3-4-2;1-5(2,3)4;/h5-29H,1-4H3;1-11H,17H2;3-9H,1-2H3;1-7H;1-4,9-10H;1-3H;1,3-4H2,2H3;1-2H3;/q;;;;;;-1;;+1. The van der Waals surface area contributed by atoms with Crippen LogP contribution in [-0.2, 0) is 0 Å². The Kier molecular flexibility index (Phi) is 34.7. The Morgan fingerprint density at radius 1 is 0.363 bits per heavy atom. The van der Waals surface area contributed by atoms with E-state index in [9.17, 15) is 0 Å². The number of nitrogens with zero attached hydrogens (tertiary/aromatic N) is 1. The predicted molar refractivity (Wildman–Crippen MR) is 573 cm³/mol. The maximum absolute atomic E-state index is 8.73. The van der Waals surface area contributed by atoms with Crippen molar-refractivity contribution in [3.63, 3.8) is 0 Å². The molecule has 3 heterocycles.